The molecule has 2 amide bonds. The molecule has 0 bridgehead atoms. The van der Waals surface area contributed by atoms with Crippen LogP contribution in [0.5, 0.6) is 0 Å². The molecule has 76 valence electrons. The van der Waals surface area contributed by atoms with E-state index in [0.717, 1.165) is 6.92 Å². The maximum Gasteiger partial charge on any atom is 0.452 e. The Labute approximate surface area is 71.4 Å². The van der Waals surface area contributed by atoms with E-state index in [-0.39, 0.29) is 4.90 Å². The van der Waals surface area contributed by atoms with E-state index in [9.17, 15) is 9.59 Å². The summed E-state index contributed by atoms with van der Waals surface area (Å²) in [5.74, 6) is 0. The molecule has 0 saturated heterocycles. The van der Waals surface area contributed by atoms with Gasteiger partial charge in [-0.25, -0.2) is 19.7 Å². The Morgan fingerprint density at radius 2 is 1.54 bits per heavy atom. The van der Waals surface area contributed by atoms with Gasteiger partial charge in [0, 0.05) is 0 Å². The molecule has 9 heteroatoms. The molecular formula is C4H7NO8. The third-order valence-corrected chi connectivity index (χ3v) is 1.07. The van der Waals surface area contributed by atoms with Gasteiger partial charge >= 0.3 is 12.2 Å². The van der Waals surface area contributed by atoms with Crippen LogP contribution < -0.4 is 0 Å². The van der Waals surface area contributed by atoms with Gasteiger partial charge in [-0.15, -0.1) is 0 Å². The number of nitrogens with zero attached hydrogens (tertiary/aromatic N) is 1. The third kappa shape index (κ3) is 2.83. The van der Waals surface area contributed by atoms with Crippen molar-refractivity contribution in [3.63, 3.8) is 0 Å². The van der Waals surface area contributed by atoms with Gasteiger partial charge in [-0.2, -0.15) is 15.4 Å². The van der Waals surface area contributed by atoms with E-state index in [1.165, 1.54) is 0 Å². The SMILES string of the molecule is CC(OO)N(C(=O)OO)C(=O)OO. The number of carbonyl (C=O) groups excluding carboxylic acids is 2. The normalized spacial score (nSPS) is 11.7. The molecule has 0 rings (SSSR count). The first-order chi connectivity index (χ1) is 6.08. The smallest absolute Gasteiger partial charge is 0.277 e. The Hall–Kier alpha value is -1.42. The molecule has 0 fully saturated rings. The van der Waals surface area contributed by atoms with Crippen molar-refractivity contribution in [2.24, 2.45) is 0 Å². The van der Waals surface area contributed by atoms with E-state index in [1.54, 1.807) is 0 Å². The minimum Gasteiger partial charge on any atom is -0.277 e. The van der Waals surface area contributed by atoms with Crippen molar-refractivity contribution < 1.29 is 40.0 Å². The molecule has 0 aliphatic heterocycles. The summed E-state index contributed by atoms with van der Waals surface area (Å²) in [4.78, 5) is 30.9. The Balaban J connectivity index is 4.54. The largest absolute Gasteiger partial charge is 0.452 e. The van der Waals surface area contributed by atoms with E-state index in [0.29, 0.717) is 0 Å². The summed E-state index contributed by atoms with van der Waals surface area (Å²) in [7, 11) is 0. The van der Waals surface area contributed by atoms with Crippen molar-refractivity contribution in [2.75, 3.05) is 0 Å². The predicted molar refractivity (Wildman–Crippen MR) is 33.2 cm³/mol. The average molecular weight is 197 g/mol. The standard InChI is InChI=1S/C4H7NO8/c1-2(11-8)5(3(6)12-9)4(7)13-10/h2,8-10H,1H3. The molecule has 3 N–H and O–H groups in total. The fraction of sp³-hybridized carbons (Fsp3) is 0.500. The maximum absolute atomic E-state index is 10.6. The summed E-state index contributed by atoms with van der Waals surface area (Å²) >= 11 is 0. The minimum absolute atomic E-state index is 0.0278. The van der Waals surface area contributed by atoms with Crippen LogP contribution in [0.3, 0.4) is 0 Å². The van der Waals surface area contributed by atoms with Crippen molar-refractivity contribution in [1.29, 1.82) is 0 Å². The maximum atomic E-state index is 10.6. The van der Waals surface area contributed by atoms with Crippen molar-refractivity contribution in [3.05, 3.63) is 0 Å². The van der Waals surface area contributed by atoms with Crippen molar-refractivity contribution >= 4 is 12.2 Å². The average Bonchev–Trinajstić information content (AvgIpc) is 2.16. The van der Waals surface area contributed by atoms with Crippen LogP contribution in [0, 0.1) is 0 Å². The Morgan fingerprint density at radius 3 is 1.77 bits per heavy atom. The molecule has 0 spiro atoms. The molecule has 13 heavy (non-hydrogen) atoms. The van der Waals surface area contributed by atoms with Gasteiger partial charge in [-0.1, -0.05) is 0 Å². The summed E-state index contributed by atoms with van der Waals surface area (Å²) < 4.78 is 0. The Morgan fingerprint density at radius 1 is 1.15 bits per heavy atom. The van der Waals surface area contributed by atoms with Crippen molar-refractivity contribution in [2.45, 2.75) is 13.2 Å². The monoisotopic (exact) mass is 197 g/mol. The molecule has 0 heterocycles. The van der Waals surface area contributed by atoms with E-state index in [4.69, 9.17) is 15.8 Å². The van der Waals surface area contributed by atoms with Gasteiger partial charge in [0.05, 0.1) is 0 Å². The summed E-state index contributed by atoms with van der Waals surface area (Å²) in [6.07, 6.45) is -4.65. The number of hydrogen-bond donors (Lipinski definition) is 3. The van der Waals surface area contributed by atoms with E-state index >= 15 is 0 Å². The minimum atomic E-state index is -1.58. The van der Waals surface area contributed by atoms with Gasteiger partial charge in [0.1, 0.15) is 0 Å². The second kappa shape index (κ2) is 5.27. The molecule has 0 aliphatic rings. The highest BCUT2D eigenvalue weighted by molar-refractivity contribution is 5.87. The zero-order chi connectivity index (χ0) is 10.4. The van der Waals surface area contributed by atoms with Gasteiger partial charge < -0.3 is 0 Å². The van der Waals surface area contributed by atoms with Crippen LogP contribution in [0.4, 0.5) is 9.59 Å². The van der Waals surface area contributed by atoms with Crippen LogP contribution in [0.2, 0.25) is 0 Å². The summed E-state index contributed by atoms with van der Waals surface area (Å²) in [5.41, 5.74) is 0. The fourth-order valence-corrected chi connectivity index (χ4v) is 0.507. The summed E-state index contributed by atoms with van der Waals surface area (Å²) in [6, 6.07) is 0. The first-order valence-electron chi connectivity index (χ1n) is 2.88. The molecule has 0 radical (unpaired) electrons. The molecule has 1 unspecified atom stereocenters. The fourth-order valence-electron chi connectivity index (χ4n) is 0.507. The zero-order valence-electron chi connectivity index (χ0n) is 6.41. The van der Waals surface area contributed by atoms with Crippen molar-refractivity contribution in [3.8, 4) is 0 Å². The number of hydrogen-bond acceptors (Lipinski definition) is 8. The number of amides is 2. The highest BCUT2D eigenvalue weighted by atomic mass is 17.1. The van der Waals surface area contributed by atoms with Gasteiger partial charge in [-0.05, 0) is 6.92 Å². The molecule has 0 aromatic rings. The lowest BCUT2D eigenvalue weighted by Gasteiger charge is -2.19. The predicted octanol–water partition coefficient (Wildman–Crippen LogP) is 0.343. The summed E-state index contributed by atoms with van der Waals surface area (Å²) in [5, 5.41) is 23.8. The van der Waals surface area contributed by atoms with Gasteiger partial charge in [0.15, 0.2) is 6.23 Å². The number of carbonyl (C=O) groups is 2. The highest BCUT2D eigenvalue weighted by Gasteiger charge is 2.31. The first-order valence-corrected chi connectivity index (χ1v) is 2.88. The number of rotatable bonds is 2. The zero-order valence-corrected chi connectivity index (χ0v) is 6.41. The van der Waals surface area contributed by atoms with E-state index in [2.05, 4.69) is 14.7 Å². The molecule has 0 aromatic carbocycles. The first kappa shape index (κ1) is 11.6. The lowest BCUT2D eigenvalue weighted by atomic mass is 10.6. The second-order valence-corrected chi connectivity index (χ2v) is 1.79. The lowest BCUT2D eigenvalue weighted by Crippen LogP contribution is -2.44. The van der Waals surface area contributed by atoms with Crippen molar-refractivity contribution in [1.82, 2.24) is 4.90 Å². The van der Waals surface area contributed by atoms with Crippen LogP contribution >= 0.6 is 0 Å². The molecular weight excluding hydrogens is 190 g/mol. The van der Waals surface area contributed by atoms with Gasteiger partial charge in [0.2, 0.25) is 0 Å². The summed E-state index contributed by atoms with van der Waals surface area (Å²) in [6.45, 7) is 1.05. The Kier molecular flexibility index (Phi) is 4.69. The molecule has 0 aromatic heterocycles. The van der Waals surface area contributed by atoms with Crippen LogP contribution in [0.25, 0.3) is 0 Å². The molecule has 0 saturated carbocycles. The van der Waals surface area contributed by atoms with Crippen LogP contribution in [0.15, 0.2) is 0 Å². The molecule has 0 aliphatic carbocycles. The highest BCUT2D eigenvalue weighted by Crippen LogP contribution is 2.04. The topological polar surface area (TPSA) is 126 Å². The lowest BCUT2D eigenvalue weighted by molar-refractivity contribution is -0.307. The van der Waals surface area contributed by atoms with Gasteiger partial charge in [0.25, 0.3) is 0 Å². The molecule has 1 atom stereocenters. The van der Waals surface area contributed by atoms with E-state index in [1.807, 2.05) is 0 Å². The van der Waals surface area contributed by atoms with Gasteiger partial charge in [-0.3, -0.25) is 9.78 Å². The quantitative estimate of drug-likeness (QED) is 0.328. The van der Waals surface area contributed by atoms with Crippen LogP contribution in [0.1, 0.15) is 6.92 Å². The van der Waals surface area contributed by atoms with E-state index < -0.39 is 18.4 Å². The second-order valence-electron chi connectivity index (χ2n) is 1.79. The Bertz CT molecular complexity index is 177. The van der Waals surface area contributed by atoms with Crippen LogP contribution in [-0.2, 0) is 14.7 Å². The number of imide groups is 1. The molecule has 9 nitrogen and oxygen atoms in total. The third-order valence-electron chi connectivity index (χ3n) is 1.07. The van der Waals surface area contributed by atoms with Crippen LogP contribution in [-0.4, -0.2) is 39.1 Å².